The van der Waals surface area contributed by atoms with Crippen molar-refractivity contribution in [3.05, 3.63) is 0 Å². The van der Waals surface area contributed by atoms with Gasteiger partial charge in [-0.3, -0.25) is 4.79 Å². The fourth-order valence-corrected chi connectivity index (χ4v) is 2.98. The average molecular weight is 270 g/mol. The van der Waals surface area contributed by atoms with E-state index in [1.54, 1.807) is 0 Å². The molecule has 2 fully saturated rings. The van der Waals surface area contributed by atoms with Crippen molar-refractivity contribution < 1.29 is 14.3 Å². The summed E-state index contributed by atoms with van der Waals surface area (Å²) in [5, 5.41) is 3.08. The third kappa shape index (κ3) is 2.51. The molecule has 0 aromatic carbocycles. The number of carbonyl (C=O) groups excluding carboxylic acids is 1. The summed E-state index contributed by atoms with van der Waals surface area (Å²) in [4.78, 5) is 12.4. The number of hydrogen-bond donors (Lipinski definition) is 2. The van der Waals surface area contributed by atoms with Crippen molar-refractivity contribution in [3.63, 3.8) is 0 Å². The van der Waals surface area contributed by atoms with Crippen molar-refractivity contribution in [2.45, 2.75) is 57.7 Å². The molecule has 2 aliphatic rings. The van der Waals surface area contributed by atoms with Gasteiger partial charge in [-0.15, -0.1) is 0 Å². The van der Waals surface area contributed by atoms with Crippen molar-refractivity contribution in [2.75, 3.05) is 19.8 Å². The van der Waals surface area contributed by atoms with Gasteiger partial charge in [0.1, 0.15) is 5.54 Å². The second-order valence-electron chi connectivity index (χ2n) is 6.20. The van der Waals surface area contributed by atoms with Gasteiger partial charge in [0, 0.05) is 37.7 Å². The molecule has 0 aromatic rings. The number of hydrogen-bond acceptors (Lipinski definition) is 4. The van der Waals surface area contributed by atoms with E-state index in [1.165, 1.54) is 0 Å². The van der Waals surface area contributed by atoms with Crippen LogP contribution < -0.4 is 11.1 Å². The van der Waals surface area contributed by atoms with Crippen LogP contribution in [0.4, 0.5) is 0 Å². The van der Waals surface area contributed by atoms with E-state index in [-0.39, 0.29) is 23.5 Å². The van der Waals surface area contributed by atoms with Crippen LogP contribution >= 0.6 is 0 Å². The van der Waals surface area contributed by atoms with Crippen LogP contribution in [0.15, 0.2) is 0 Å². The molecule has 1 saturated carbocycles. The van der Waals surface area contributed by atoms with Gasteiger partial charge in [-0.1, -0.05) is 13.8 Å². The first kappa shape index (κ1) is 14.8. The Morgan fingerprint density at radius 3 is 2.58 bits per heavy atom. The molecule has 1 aliphatic carbocycles. The minimum Gasteiger partial charge on any atom is -0.381 e. The third-order valence-electron chi connectivity index (χ3n) is 4.79. The number of ether oxygens (including phenoxy) is 2. The largest absolute Gasteiger partial charge is 0.381 e. The second-order valence-corrected chi connectivity index (χ2v) is 6.20. The molecule has 5 nitrogen and oxygen atoms in total. The minimum atomic E-state index is -0.814. The van der Waals surface area contributed by atoms with E-state index < -0.39 is 5.54 Å². The predicted octanol–water partition coefficient (Wildman–Crippen LogP) is 0.814. The Morgan fingerprint density at radius 1 is 1.42 bits per heavy atom. The molecule has 1 aliphatic heterocycles. The highest BCUT2D eigenvalue weighted by molar-refractivity contribution is 5.89. The third-order valence-corrected chi connectivity index (χ3v) is 4.79. The number of carbonyl (C=O) groups is 1. The molecule has 110 valence electrons. The summed E-state index contributed by atoms with van der Waals surface area (Å²) in [5.74, 6) is -0.0413. The summed E-state index contributed by atoms with van der Waals surface area (Å²) in [6.45, 7) is 8.09. The Balaban J connectivity index is 1.95. The van der Waals surface area contributed by atoms with E-state index in [4.69, 9.17) is 15.2 Å². The summed E-state index contributed by atoms with van der Waals surface area (Å²) in [6, 6.07) is 0.198. The molecule has 5 heteroatoms. The molecule has 2 unspecified atom stereocenters. The zero-order valence-electron chi connectivity index (χ0n) is 12.2. The maximum atomic E-state index is 12.4. The van der Waals surface area contributed by atoms with Crippen molar-refractivity contribution >= 4 is 5.91 Å². The topological polar surface area (TPSA) is 73.6 Å². The smallest absolute Gasteiger partial charge is 0.241 e. The molecule has 3 N–H and O–H groups in total. The minimum absolute atomic E-state index is 0.0413. The predicted molar refractivity (Wildman–Crippen MR) is 72.7 cm³/mol. The Labute approximate surface area is 115 Å². The van der Waals surface area contributed by atoms with Crippen LogP contribution in [0.3, 0.4) is 0 Å². The zero-order chi connectivity index (χ0) is 14.1. The molecular weight excluding hydrogens is 244 g/mol. The molecule has 19 heavy (non-hydrogen) atoms. The lowest BCUT2D eigenvalue weighted by molar-refractivity contribution is -0.171. The molecule has 1 amide bonds. The van der Waals surface area contributed by atoms with Gasteiger partial charge < -0.3 is 20.5 Å². The van der Waals surface area contributed by atoms with Gasteiger partial charge in [0.05, 0.1) is 6.10 Å². The van der Waals surface area contributed by atoms with E-state index >= 15 is 0 Å². The van der Waals surface area contributed by atoms with Gasteiger partial charge in [0.2, 0.25) is 5.91 Å². The van der Waals surface area contributed by atoms with Crippen LogP contribution in [0, 0.1) is 5.41 Å². The fourth-order valence-electron chi connectivity index (χ4n) is 2.98. The monoisotopic (exact) mass is 270 g/mol. The lowest BCUT2D eigenvalue weighted by Gasteiger charge is -2.57. The number of amides is 1. The Kier molecular flexibility index (Phi) is 4.18. The van der Waals surface area contributed by atoms with Crippen LogP contribution in [0.5, 0.6) is 0 Å². The summed E-state index contributed by atoms with van der Waals surface area (Å²) in [5.41, 5.74) is 5.20. The number of nitrogens with two attached hydrogens (primary N) is 1. The molecule has 1 saturated heterocycles. The highest BCUT2D eigenvalue weighted by atomic mass is 16.5. The van der Waals surface area contributed by atoms with E-state index in [0.717, 1.165) is 12.8 Å². The quantitative estimate of drug-likeness (QED) is 0.793. The van der Waals surface area contributed by atoms with Gasteiger partial charge in [0.15, 0.2) is 0 Å². The molecule has 0 radical (unpaired) electrons. The summed E-state index contributed by atoms with van der Waals surface area (Å²) in [6.07, 6.45) is 2.42. The van der Waals surface area contributed by atoms with Crippen molar-refractivity contribution in [1.29, 1.82) is 0 Å². The Hall–Kier alpha value is -0.650. The molecular formula is C14H26N2O3. The van der Waals surface area contributed by atoms with Gasteiger partial charge in [-0.2, -0.15) is 0 Å². The lowest BCUT2D eigenvalue weighted by atomic mass is 9.54. The summed E-state index contributed by atoms with van der Waals surface area (Å²) >= 11 is 0. The van der Waals surface area contributed by atoms with Crippen LogP contribution in [-0.4, -0.2) is 43.4 Å². The molecule has 2 atom stereocenters. The van der Waals surface area contributed by atoms with Gasteiger partial charge in [-0.25, -0.2) is 0 Å². The number of rotatable bonds is 4. The maximum Gasteiger partial charge on any atom is 0.241 e. The first-order valence-electron chi connectivity index (χ1n) is 7.21. The van der Waals surface area contributed by atoms with Crippen molar-refractivity contribution in [3.8, 4) is 0 Å². The van der Waals surface area contributed by atoms with Gasteiger partial charge in [-0.05, 0) is 19.8 Å². The SMILES string of the molecule is CCOC1CC(N)(C(=O)NC2CCOCC2)C1(C)C. The zero-order valence-corrected chi connectivity index (χ0v) is 12.2. The van der Waals surface area contributed by atoms with E-state index in [9.17, 15) is 4.79 Å². The van der Waals surface area contributed by atoms with Crippen LogP contribution in [0.25, 0.3) is 0 Å². The average Bonchev–Trinajstić information content (AvgIpc) is 2.39. The van der Waals surface area contributed by atoms with Crippen LogP contribution in [0.1, 0.15) is 40.0 Å². The maximum absolute atomic E-state index is 12.4. The Bertz CT molecular complexity index is 340. The van der Waals surface area contributed by atoms with E-state index in [0.29, 0.717) is 26.2 Å². The molecule has 2 rings (SSSR count). The standard InChI is InChI=1S/C14H26N2O3/c1-4-19-11-9-14(15,13(11,2)3)12(17)16-10-5-7-18-8-6-10/h10-11H,4-9,15H2,1-3H3,(H,16,17). The van der Waals surface area contributed by atoms with Gasteiger partial charge in [0.25, 0.3) is 0 Å². The Morgan fingerprint density at radius 2 is 2.05 bits per heavy atom. The van der Waals surface area contributed by atoms with Crippen LogP contribution in [0.2, 0.25) is 0 Å². The van der Waals surface area contributed by atoms with Crippen LogP contribution in [-0.2, 0) is 14.3 Å². The summed E-state index contributed by atoms with van der Waals surface area (Å²) < 4.78 is 10.9. The summed E-state index contributed by atoms with van der Waals surface area (Å²) in [7, 11) is 0. The normalized spacial score (nSPS) is 34.6. The van der Waals surface area contributed by atoms with Crippen molar-refractivity contribution in [2.24, 2.45) is 11.1 Å². The first-order chi connectivity index (χ1) is 8.91. The highest BCUT2D eigenvalue weighted by Crippen LogP contribution is 2.49. The number of nitrogens with one attached hydrogen (secondary N) is 1. The second kappa shape index (κ2) is 5.38. The molecule has 0 aromatic heterocycles. The lowest BCUT2D eigenvalue weighted by Crippen LogP contribution is -2.76. The van der Waals surface area contributed by atoms with E-state index in [1.807, 2.05) is 20.8 Å². The molecule has 1 heterocycles. The van der Waals surface area contributed by atoms with E-state index in [2.05, 4.69) is 5.32 Å². The molecule has 0 spiro atoms. The highest BCUT2D eigenvalue weighted by Gasteiger charge is 2.62. The van der Waals surface area contributed by atoms with Crippen molar-refractivity contribution in [1.82, 2.24) is 5.32 Å². The molecule has 0 bridgehead atoms. The fraction of sp³-hybridized carbons (Fsp3) is 0.929. The van der Waals surface area contributed by atoms with Gasteiger partial charge >= 0.3 is 0 Å². The first-order valence-corrected chi connectivity index (χ1v) is 7.21.